The molecular formula is C21H22F3N3. The summed E-state index contributed by atoms with van der Waals surface area (Å²) in [4.78, 5) is 4.46. The molecule has 1 aromatic carbocycles. The Hall–Kier alpha value is -2.76. The van der Waals surface area contributed by atoms with Gasteiger partial charge in [-0.2, -0.15) is 13.2 Å². The minimum atomic E-state index is -4.19. The first-order valence-corrected chi connectivity index (χ1v) is 8.80. The minimum absolute atomic E-state index is 0.190. The molecule has 0 aliphatic carbocycles. The van der Waals surface area contributed by atoms with Gasteiger partial charge in [-0.1, -0.05) is 24.3 Å². The summed E-state index contributed by atoms with van der Waals surface area (Å²) in [5, 5.41) is 2.89. The number of pyridine rings is 1. The number of aromatic nitrogens is 2. The van der Waals surface area contributed by atoms with Gasteiger partial charge in [-0.15, -0.1) is 0 Å². The zero-order valence-electron chi connectivity index (χ0n) is 15.6. The second-order valence-corrected chi connectivity index (χ2v) is 6.62. The van der Waals surface area contributed by atoms with Crippen LogP contribution in [0.4, 0.5) is 18.9 Å². The Kier molecular flexibility index (Phi) is 5.26. The van der Waals surface area contributed by atoms with Crippen LogP contribution >= 0.6 is 0 Å². The average Bonchev–Trinajstić information content (AvgIpc) is 3.00. The van der Waals surface area contributed by atoms with Crippen molar-refractivity contribution in [1.29, 1.82) is 0 Å². The van der Waals surface area contributed by atoms with Crippen LogP contribution in [0.3, 0.4) is 0 Å². The zero-order valence-corrected chi connectivity index (χ0v) is 15.6. The Bertz CT molecular complexity index is 984. The summed E-state index contributed by atoms with van der Waals surface area (Å²) in [7, 11) is 0. The Morgan fingerprint density at radius 1 is 1.15 bits per heavy atom. The van der Waals surface area contributed by atoms with Crippen molar-refractivity contribution in [2.24, 2.45) is 0 Å². The van der Waals surface area contributed by atoms with Crippen LogP contribution in [0.25, 0.3) is 23.0 Å². The highest BCUT2D eigenvalue weighted by Crippen LogP contribution is 2.28. The van der Waals surface area contributed by atoms with E-state index in [2.05, 4.69) is 36.3 Å². The number of nitrogens with zero attached hydrogens (tertiary/aromatic N) is 2. The molecule has 0 saturated heterocycles. The first-order chi connectivity index (χ1) is 12.8. The van der Waals surface area contributed by atoms with Crippen LogP contribution in [0.15, 0.2) is 42.7 Å². The number of allylic oxidation sites excluding steroid dienone is 1. The van der Waals surface area contributed by atoms with E-state index >= 15 is 0 Å². The molecule has 0 radical (unpaired) electrons. The number of fused-ring (bicyclic) bond motifs is 1. The Morgan fingerprint density at radius 2 is 1.93 bits per heavy atom. The van der Waals surface area contributed by atoms with Gasteiger partial charge in [0.2, 0.25) is 0 Å². The normalized spacial score (nSPS) is 12.2. The second kappa shape index (κ2) is 7.47. The van der Waals surface area contributed by atoms with Crippen molar-refractivity contribution in [2.75, 3.05) is 11.9 Å². The van der Waals surface area contributed by atoms with Crippen molar-refractivity contribution >= 4 is 17.4 Å². The topological polar surface area (TPSA) is 29.3 Å². The van der Waals surface area contributed by atoms with E-state index in [0.717, 1.165) is 16.8 Å². The number of benzene rings is 1. The molecule has 1 N–H and O–H groups in total. The molecule has 0 amide bonds. The molecule has 0 unspecified atom stereocenters. The highest BCUT2D eigenvalue weighted by molar-refractivity contribution is 5.76. The lowest BCUT2D eigenvalue weighted by atomic mass is 10.0. The summed E-state index contributed by atoms with van der Waals surface area (Å²) in [5.74, 6) is 0. The van der Waals surface area contributed by atoms with Crippen LogP contribution in [-0.2, 0) is 0 Å². The summed E-state index contributed by atoms with van der Waals surface area (Å²) >= 11 is 0. The van der Waals surface area contributed by atoms with E-state index in [1.54, 1.807) is 6.20 Å². The fourth-order valence-corrected chi connectivity index (χ4v) is 2.98. The molecule has 0 spiro atoms. The molecule has 0 atom stereocenters. The number of halogens is 3. The lowest BCUT2D eigenvalue weighted by Crippen LogP contribution is -2.15. The van der Waals surface area contributed by atoms with Crippen molar-refractivity contribution in [3.63, 3.8) is 0 Å². The monoisotopic (exact) mass is 373 g/mol. The maximum atomic E-state index is 12.5. The lowest BCUT2D eigenvalue weighted by Gasteiger charge is -2.12. The van der Waals surface area contributed by atoms with Crippen molar-refractivity contribution in [3.8, 4) is 11.3 Å². The second-order valence-electron chi connectivity index (χ2n) is 6.62. The number of nitrogens with one attached hydrogen (secondary N) is 1. The van der Waals surface area contributed by atoms with Gasteiger partial charge in [0.1, 0.15) is 0 Å². The molecule has 27 heavy (non-hydrogen) atoms. The Morgan fingerprint density at radius 3 is 2.59 bits per heavy atom. The average molecular weight is 373 g/mol. The van der Waals surface area contributed by atoms with Gasteiger partial charge in [0.15, 0.2) is 5.65 Å². The fourth-order valence-electron chi connectivity index (χ4n) is 2.98. The lowest BCUT2D eigenvalue weighted by molar-refractivity contribution is -0.131. The summed E-state index contributed by atoms with van der Waals surface area (Å²) in [6.45, 7) is 5.82. The van der Waals surface area contributed by atoms with Crippen LogP contribution in [0.1, 0.15) is 30.0 Å². The maximum Gasteiger partial charge on any atom is 0.390 e. The van der Waals surface area contributed by atoms with E-state index in [-0.39, 0.29) is 6.54 Å². The maximum absolute atomic E-state index is 12.5. The summed E-state index contributed by atoms with van der Waals surface area (Å²) in [6, 6.07) is 8.01. The molecule has 0 saturated carbocycles. The van der Waals surface area contributed by atoms with Gasteiger partial charge in [-0.25, -0.2) is 4.98 Å². The quantitative estimate of drug-likeness (QED) is 0.593. The first-order valence-electron chi connectivity index (χ1n) is 8.80. The number of aryl methyl sites for hydroxylation is 2. The van der Waals surface area contributed by atoms with E-state index in [1.807, 2.05) is 41.8 Å². The van der Waals surface area contributed by atoms with Crippen molar-refractivity contribution in [1.82, 2.24) is 9.38 Å². The fraction of sp³-hybridized carbons (Fsp3) is 0.286. The smallest absolute Gasteiger partial charge is 0.382 e. The van der Waals surface area contributed by atoms with Gasteiger partial charge >= 0.3 is 6.18 Å². The van der Waals surface area contributed by atoms with Crippen LogP contribution in [0.5, 0.6) is 0 Å². The van der Waals surface area contributed by atoms with E-state index in [1.165, 1.54) is 11.1 Å². The SMILES string of the molecule is C/C=C/c1cc(NCCC(F)(F)F)c2ncc(-c3ccc(C)c(C)c3)n2c1. The molecule has 3 rings (SSSR count). The largest absolute Gasteiger partial charge is 0.390 e. The standard InChI is InChI=1S/C21H22F3N3/c1-4-5-16-11-18(25-9-8-21(22,23)24)20-26-12-19(27(20)13-16)17-7-6-14(2)15(3)10-17/h4-7,10-13,25H,8-9H2,1-3H3/b5-4+. The van der Waals surface area contributed by atoms with Gasteiger partial charge in [0.05, 0.1) is 24.0 Å². The molecular weight excluding hydrogens is 351 g/mol. The molecule has 142 valence electrons. The van der Waals surface area contributed by atoms with Gasteiger partial charge in [-0.05, 0) is 49.6 Å². The molecule has 0 bridgehead atoms. The molecule has 0 fully saturated rings. The predicted octanol–water partition coefficient (Wildman–Crippen LogP) is 6.02. The van der Waals surface area contributed by atoms with Crippen LogP contribution in [0.2, 0.25) is 0 Å². The molecule has 6 heteroatoms. The number of hydrogen-bond acceptors (Lipinski definition) is 2. The van der Waals surface area contributed by atoms with Crippen LogP contribution in [0, 0.1) is 13.8 Å². The predicted molar refractivity (Wildman–Crippen MR) is 104 cm³/mol. The molecule has 2 aromatic heterocycles. The molecule has 3 aromatic rings. The molecule has 2 heterocycles. The Labute approximate surface area is 156 Å². The number of rotatable bonds is 5. The van der Waals surface area contributed by atoms with Gasteiger partial charge in [0, 0.05) is 18.3 Å². The third-order valence-electron chi connectivity index (χ3n) is 4.51. The molecule has 0 aliphatic rings. The van der Waals surface area contributed by atoms with E-state index < -0.39 is 12.6 Å². The third kappa shape index (κ3) is 4.32. The van der Waals surface area contributed by atoms with Gasteiger partial charge in [0.25, 0.3) is 0 Å². The van der Waals surface area contributed by atoms with Crippen molar-refractivity contribution < 1.29 is 13.2 Å². The number of anilines is 1. The van der Waals surface area contributed by atoms with Crippen LogP contribution < -0.4 is 5.32 Å². The highest BCUT2D eigenvalue weighted by atomic mass is 19.4. The van der Waals surface area contributed by atoms with E-state index in [0.29, 0.717) is 11.3 Å². The van der Waals surface area contributed by atoms with Gasteiger partial charge in [-0.3, -0.25) is 4.40 Å². The van der Waals surface area contributed by atoms with Gasteiger partial charge < -0.3 is 5.32 Å². The van der Waals surface area contributed by atoms with E-state index in [4.69, 9.17) is 0 Å². The number of hydrogen-bond donors (Lipinski definition) is 1. The first kappa shape index (κ1) is 19.0. The molecule has 0 aliphatic heterocycles. The number of alkyl halides is 3. The minimum Gasteiger partial charge on any atom is -0.382 e. The summed E-state index contributed by atoms with van der Waals surface area (Å²) < 4.78 is 39.4. The Balaban J connectivity index is 2.06. The van der Waals surface area contributed by atoms with Crippen LogP contribution in [-0.4, -0.2) is 22.1 Å². The van der Waals surface area contributed by atoms with Crippen molar-refractivity contribution in [2.45, 2.75) is 33.4 Å². The molecule has 3 nitrogen and oxygen atoms in total. The third-order valence-corrected chi connectivity index (χ3v) is 4.51. The van der Waals surface area contributed by atoms with E-state index in [9.17, 15) is 13.2 Å². The summed E-state index contributed by atoms with van der Waals surface area (Å²) in [6.07, 6.45) is 2.43. The zero-order chi connectivity index (χ0) is 19.6. The highest BCUT2D eigenvalue weighted by Gasteiger charge is 2.26. The van der Waals surface area contributed by atoms with Crippen molar-refractivity contribution in [3.05, 3.63) is 59.4 Å². The summed E-state index contributed by atoms with van der Waals surface area (Å²) in [5.41, 5.74) is 6.39. The number of imidazole rings is 1.